The highest BCUT2D eigenvalue weighted by atomic mass is 35.5. The second kappa shape index (κ2) is 5.91. The molecule has 0 unspecified atom stereocenters. The van der Waals surface area contributed by atoms with Crippen LogP contribution in [0.25, 0.3) is 22.5 Å². The van der Waals surface area contributed by atoms with Gasteiger partial charge < -0.3 is 10.8 Å². The van der Waals surface area contributed by atoms with Gasteiger partial charge in [0.15, 0.2) is 0 Å². The third kappa shape index (κ3) is 2.91. The summed E-state index contributed by atoms with van der Waals surface area (Å²) in [7, 11) is 0. The number of rotatable bonds is 2. The predicted molar refractivity (Wildman–Crippen MR) is 86.5 cm³/mol. The molecule has 1 heterocycles. The van der Waals surface area contributed by atoms with Gasteiger partial charge in [0.1, 0.15) is 17.1 Å². The van der Waals surface area contributed by atoms with Crippen LogP contribution < -0.4 is 5.73 Å². The van der Waals surface area contributed by atoms with Crippen molar-refractivity contribution in [2.24, 2.45) is 0 Å². The number of aromatic hydroxyl groups is 1. The molecule has 0 atom stereocenters. The van der Waals surface area contributed by atoms with Gasteiger partial charge in [0.2, 0.25) is 5.95 Å². The van der Waals surface area contributed by atoms with Gasteiger partial charge in [0.25, 0.3) is 0 Å². The number of phenols is 1. The lowest BCUT2D eigenvalue weighted by Gasteiger charge is -2.09. The highest BCUT2D eigenvalue weighted by Crippen LogP contribution is 2.33. The summed E-state index contributed by atoms with van der Waals surface area (Å²) >= 11 is 5.95. The molecule has 3 aromatic rings. The smallest absolute Gasteiger partial charge is 0.240 e. The molecule has 0 amide bonds. The SMILES string of the molecule is N#Cc1ccc(-c2nc(N)nnc2-c2ccc(O)c(Cl)c2)cc1. The summed E-state index contributed by atoms with van der Waals surface area (Å²) in [5.41, 5.74) is 8.57. The number of hydrogen-bond donors (Lipinski definition) is 2. The van der Waals surface area contributed by atoms with Gasteiger partial charge in [-0.3, -0.25) is 0 Å². The lowest BCUT2D eigenvalue weighted by atomic mass is 10.0. The van der Waals surface area contributed by atoms with Crippen molar-refractivity contribution in [2.45, 2.75) is 0 Å². The second-order valence-corrected chi connectivity index (χ2v) is 5.13. The zero-order chi connectivity index (χ0) is 16.4. The van der Waals surface area contributed by atoms with Crippen LogP contribution in [0.15, 0.2) is 42.5 Å². The van der Waals surface area contributed by atoms with Crippen LogP contribution in [0.5, 0.6) is 5.75 Å². The Morgan fingerprint density at radius 2 is 1.70 bits per heavy atom. The van der Waals surface area contributed by atoms with Gasteiger partial charge in [0, 0.05) is 11.1 Å². The summed E-state index contributed by atoms with van der Waals surface area (Å²) in [4.78, 5) is 4.24. The average molecular weight is 324 g/mol. The molecule has 0 fully saturated rings. The summed E-state index contributed by atoms with van der Waals surface area (Å²) < 4.78 is 0. The number of nitrogens with two attached hydrogens (primary N) is 1. The third-order valence-corrected chi connectivity index (χ3v) is 3.51. The van der Waals surface area contributed by atoms with E-state index < -0.39 is 0 Å². The van der Waals surface area contributed by atoms with Crippen LogP contribution in [0, 0.1) is 11.3 Å². The van der Waals surface area contributed by atoms with Crippen molar-refractivity contribution < 1.29 is 5.11 Å². The van der Waals surface area contributed by atoms with Crippen molar-refractivity contribution in [1.82, 2.24) is 15.2 Å². The summed E-state index contributed by atoms with van der Waals surface area (Å²) in [6.07, 6.45) is 0. The molecule has 2 aromatic carbocycles. The zero-order valence-electron chi connectivity index (χ0n) is 11.7. The first-order valence-corrected chi connectivity index (χ1v) is 6.96. The lowest BCUT2D eigenvalue weighted by molar-refractivity contribution is 0.475. The van der Waals surface area contributed by atoms with Crippen molar-refractivity contribution in [3.8, 4) is 34.3 Å². The molecule has 23 heavy (non-hydrogen) atoms. The first-order valence-electron chi connectivity index (χ1n) is 6.58. The molecule has 0 saturated heterocycles. The number of benzene rings is 2. The molecule has 3 rings (SSSR count). The number of halogens is 1. The number of aromatic nitrogens is 3. The quantitative estimate of drug-likeness (QED) is 0.750. The standard InChI is InChI=1S/C16H10ClN5O/c17-12-7-11(5-6-13(12)23)15-14(20-16(19)22-21-15)10-3-1-9(8-18)2-4-10/h1-7,23H,(H2,19,20,22). The molecule has 0 radical (unpaired) electrons. The summed E-state index contributed by atoms with van der Waals surface area (Å²) in [5, 5.41) is 26.5. The monoisotopic (exact) mass is 323 g/mol. The molecule has 0 aliphatic rings. The molecule has 0 aliphatic carbocycles. The van der Waals surface area contributed by atoms with Crippen LogP contribution in [0.4, 0.5) is 5.95 Å². The van der Waals surface area contributed by atoms with Crippen molar-refractivity contribution in [1.29, 1.82) is 5.26 Å². The maximum atomic E-state index is 9.54. The highest BCUT2D eigenvalue weighted by molar-refractivity contribution is 6.32. The molecule has 112 valence electrons. The maximum absolute atomic E-state index is 9.54. The van der Waals surface area contributed by atoms with Gasteiger partial charge in [-0.25, -0.2) is 4.98 Å². The molecule has 7 heteroatoms. The molecule has 0 spiro atoms. The Morgan fingerprint density at radius 3 is 2.35 bits per heavy atom. The molecule has 6 nitrogen and oxygen atoms in total. The third-order valence-electron chi connectivity index (χ3n) is 3.21. The molecule has 1 aromatic heterocycles. The highest BCUT2D eigenvalue weighted by Gasteiger charge is 2.14. The van der Waals surface area contributed by atoms with E-state index >= 15 is 0 Å². The second-order valence-electron chi connectivity index (χ2n) is 4.72. The van der Waals surface area contributed by atoms with Gasteiger partial charge in [-0.05, 0) is 30.3 Å². The number of hydrogen-bond acceptors (Lipinski definition) is 6. The fraction of sp³-hybridized carbons (Fsp3) is 0. The number of anilines is 1. The molecule has 0 bridgehead atoms. The molecular formula is C16H10ClN5O. The van der Waals surface area contributed by atoms with Crippen LogP contribution >= 0.6 is 11.6 Å². The van der Waals surface area contributed by atoms with Crippen molar-refractivity contribution in [2.75, 3.05) is 5.73 Å². The fourth-order valence-corrected chi connectivity index (χ4v) is 2.27. The van der Waals surface area contributed by atoms with E-state index in [-0.39, 0.29) is 16.7 Å². The first-order chi connectivity index (χ1) is 11.1. The minimum absolute atomic E-state index is 0.0216. The Kier molecular flexibility index (Phi) is 3.79. The van der Waals surface area contributed by atoms with Crippen LogP contribution in [-0.2, 0) is 0 Å². The number of nitrogens with zero attached hydrogens (tertiary/aromatic N) is 4. The summed E-state index contributed by atoms with van der Waals surface area (Å²) in [6.45, 7) is 0. The van der Waals surface area contributed by atoms with E-state index in [0.29, 0.717) is 22.5 Å². The van der Waals surface area contributed by atoms with E-state index in [1.54, 1.807) is 36.4 Å². The van der Waals surface area contributed by atoms with E-state index in [1.807, 2.05) is 0 Å². The van der Waals surface area contributed by atoms with Gasteiger partial charge in [0.05, 0.1) is 16.7 Å². The van der Waals surface area contributed by atoms with Gasteiger partial charge in [-0.1, -0.05) is 23.7 Å². The number of nitrogen functional groups attached to an aromatic ring is 1. The predicted octanol–water partition coefficient (Wildman–Crippen LogP) is 3.02. The summed E-state index contributed by atoms with van der Waals surface area (Å²) in [5.74, 6) is 0.0182. The van der Waals surface area contributed by atoms with Crippen LogP contribution in [0.2, 0.25) is 5.02 Å². The fourth-order valence-electron chi connectivity index (χ4n) is 2.09. The zero-order valence-corrected chi connectivity index (χ0v) is 12.5. The van der Waals surface area contributed by atoms with Gasteiger partial charge in [-0.2, -0.15) is 5.26 Å². The van der Waals surface area contributed by atoms with Crippen LogP contribution in [0.1, 0.15) is 5.56 Å². The maximum Gasteiger partial charge on any atom is 0.240 e. The number of nitriles is 1. The van der Waals surface area contributed by atoms with Crippen LogP contribution in [0.3, 0.4) is 0 Å². The Labute approximate surface area is 136 Å². The van der Waals surface area contributed by atoms with E-state index in [0.717, 1.165) is 5.56 Å². The minimum Gasteiger partial charge on any atom is -0.506 e. The van der Waals surface area contributed by atoms with Gasteiger partial charge in [-0.15, -0.1) is 10.2 Å². The topological polar surface area (TPSA) is 109 Å². The van der Waals surface area contributed by atoms with Crippen LogP contribution in [-0.4, -0.2) is 20.3 Å². The minimum atomic E-state index is -0.0216. The molecule has 3 N–H and O–H groups in total. The normalized spacial score (nSPS) is 10.3. The average Bonchev–Trinajstić information content (AvgIpc) is 2.57. The molecular weight excluding hydrogens is 314 g/mol. The largest absolute Gasteiger partial charge is 0.506 e. The van der Waals surface area contributed by atoms with Gasteiger partial charge >= 0.3 is 0 Å². The first kappa shape index (κ1) is 14.8. The molecule has 0 saturated carbocycles. The Balaban J connectivity index is 2.17. The summed E-state index contributed by atoms with van der Waals surface area (Å²) in [6, 6.07) is 13.6. The van der Waals surface area contributed by atoms with E-state index in [2.05, 4.69) is 21.3 Å². The Hall–Kier alpha value is -3.17. The van der Waals surface area contributed by atoms with Crippen molar-refractivity contribution in [3.05, 3.63) is 53.1 Å². The van der Waals surface area contributed by atoms with Crippen molar-refractivity contribution in [3.63, 3.8) is 0 Å². The van der Waals surface area contributed by atoms with E-state index in [1.165, 1.54) is 6.07 Å². The van der Waals surface area contributed by atoms with E-state index in [9.17, 15) is 5.11 Å². The Morgan fingerprint density at radius 1 is 1.00 bits per heavy atom. The number of phenolic OH excluding ortho intramolecular Hbond substituents is 1. The lowest BCUT2D eigenvalue weighted by Crippen LogP contribution is -2.02. The Bertz CT molecular complexity index is 919. The van der Waals surface area contributed by atoms with Crippen molar-refractivity contribution >= 4 is 17.5 Å². The molecule has 0 aliphatic heterocycles. The van der Waals surface area contributed by atoms with E-state index in [4.69, 9.17) is 22.6 Å².